The first-order valence-corrected chi connectivity index (χ1v) is 9.32. The molecule has 4 atom stereocenters. The predicted molar refractivity (Wildman–Crippen MR) is 95.7 cm³/mol. The number of benzene rings is 1. The van der Waals surface area contributed by atoms with Crippen LogP contribution >= 0.6 is 11.6 Å². The van der Waals surface area contributed by atoms with E-state index < -0.39 is 6.09 Å². The number of ether oxygens (including phenoxy) is 2. The predicted octanol–water partition coefficient (Wildman–Crippen LogP) is 4.56. The molecule has 2 aliphatic rings. The number of carbonyl (C=O) groups is 1. The molecule has 2 bridgehead atoms. The quantitative estimate of drug-likeness (QED) is 0.540. The summed E-state index contributed by atoms with van der Waals surface area (Å²) in [6, 6.07) is 7.30. The average Bonchev–Trinajstić information content (AvgIpc) is 3.21. The van der Waals surface area contributed by atoms with Gasteiger partial charge in [-0.1, -0.05) is 36.2 Å². The Hall–Kier alpha value is -1.30. The highest BCUT2D eigenvalue weighted by atomic mass is 35.5. The van der Waals surface area contributed by atoms with E-state index in [9.17, 15) is 9.90 Å². The van der Waals surface area contributed by atoms with Crippen LogP contribution in [0.3, 0.4) is 0 Å². The van der Waals surface area contributed by atoms with Crippen molar-refractivity contribution in [1.29, 1.82) is 0 Å². The Kier molecular flexibility index (Phi) is 6.20. The maximum absolute atomic E-state index is 12.2. The van der Waals surface area contributed by atoms with E-state index in [0.29, 0.717) is 29.9 Å². The first-order valence-electron chi connectivity index (χ1n) is 8.94. The number of hydrogen-bond acceptors (Lipinski definition) is 3. The van der Waals surface area contributed by atoms with Gasteiger partial charge in [-0.25, -0.2) is 4.79 Å². The normalized spacial score (nSPS) is 25.9. The van der Waals surface area contributed by atoms with Crippen molar-refractivity contribution in [2.75, 3.05) is 20.5 Å². The Morgan fingerprint density at radius 3 is 2.76 bits per heavy atom. The van der Waals surface area contributed by atoms with Crippen molar-refractivity contribution in [2.45, 2.75) is 44.2 Å². The molecular weight excluding hydrogens is 342 g/mol. The molecule has 2 fully saturated rings. The van der Waals surface area contributed by atoms with Crippen molar-refractivity contribution in [3.63, 3.8) is 0 Å². The first-order chi connectivity index (χ1) is 12.1. The molecule has 138 valence electrons. The molecule has 1 N–H and O–H groups in total. The summed E-state index contributed by atoms with van der Waals surface area (Å²) in [6.45, 7) is 0.630. The maximum atomic E-state index is 12.2. The van der Waals surface area contributed by atoms with Crippen LogP contribution in [0, 0.1) is 11.8 Å². The minimum atomic E-state index is -0.866. The van der Waals surface area contributed by atoms with Gasteiger partial charge in [-0.2, -0.15) is 0 Å². The molecule has 0 heterocycles. The minimum absolute atomic E-state index is 0.0833. The number of halogens is 1. The number of nitrogens with zero attached hydrogens (tertiary/aromatic N) is 1. The fourth-order valence-corrected chi connectivity index (χ4v) is 4.85. The number of amides is 1. The minimum Gasteiger partial charge on any atom is -0.465 e. The van der Waals surface area contributed by atoms with Crippen LogP contribution in [0.2, 0.25) is 5.02 Å². The lowest BCUT2D eigenvalue weighted by Crippen LogP contribution is -2.45. The second-order valence-corrected chi connectivity index (χ2v) is 7.48. The van der Waals surface area contributed by atoms with Gasteiger partial charge in [0.05, 0.1) is 12.6 Å². The van der Waals surface area contributed by atoms with Gasteiger partial charge < -0.3 is 14.6 Å². The monoisotopic (exact) mass is 367 g/mol. The molecule has 3 rings (SSSR count). The fourth-order valence-electron chi connectivity index (χ4n) is 4.59. The molecule has 3 unspecified atom stereocenters. The van der Waals surface area contributed by atoms with Crippen LogP contribution in [0.1, 0.15) is 43.7 Å². The first kappa shape index (κ1) is 18.5. The summed E-state index contributed by atoms with van der Waals surface area (Å²) in [4.78, 5) is 13.8. The molecule has 0 aromatic heterocycles. The van der Waals surface area contributed by atoms with Crippen molar-refractivity contribution >= 4 is 17.7 Å². The van der Waals surface area contributed by atoms with E-state index in [1.807, 2.05) is 24.3 Å². The van der Waals surface area contributed by atoms with Crippen molar-refractivity contribution in [2.24, 2.45) is 11.8 Å². The third-order valence-electron chi connectivity index (χ3n) is 5.62. The summed E-state index contributed by atoms with van der Waals surface area (Å²) in [5.41, 5.74) is 0.857. The third kappa shape index (κ3) is 4.10. The molecule has 5 nitrogen and oxygen atoms in total. The van der Waals surface area contributed by atoms with E-state index in [1.54, 1.807) is 12.0 Å². The van der Waals surface area contributed by atoms with Crippen LogP contribution in [-0.4, -0.2) is 42.7 Å². The van der Waals surface area contributed by atoms with E-state index in [0.717, 1.165) is 24.8 Å². The summed E-state index contributed by atoms with van der Waals surface area (Å²) in [6.07, 6.45) is 4.19. The van der Waals surface area contributed by atoms with Gasteiger partial charge in [0.1, 0.15) is 6.79 Å². The lowest BCUT2D eigenvalue weighted by atomic mass is 9.91. The zero-order valence-electron chi connectivity index (χ0n) is 14.6. The molecule has 1 amide bonds. The van der Waals surface area contributed by atoms with Gasteiger partial charge in [-0.3, -0.25) is 4.90 Å². The lowest BCUT2D eigenvalue weighted by molar-refractivity contribution is -0.0385. The number of fused-ring (bicyclic) bond motifs is 2. The summed E-state index contributed by atoms with van der Waals surface area (Å²) in [5, 5.41) is 10.6. The number of hydrogen-bond donors (Lipinski definition) is 1. The van der Waals surface area contributed by atoms with Crippen LogP contribution in [0.25, 0.3) is 0 Å². The molecule has 6 heteroatoms. The standard InChI is InChI=1S/C19H26ClNO4/c1-24-12-25-9-8-17(15-4-2-3-5-16(15)20)21(19(22)23)18-11-13-6-7-14(18)10-13/h2-5,13-14,17-18H,6-12H2,1H3,(H,22,23)/t13?,14?,17-,18?/m1/s1. The molecule has 2 aliphatic carbocycles. The smallest absolute Gasteiger partial charge is 0.408 e. The van der Waals surface area contributed by atoms with Crippen LogP contribution < -0.4 is 0 Å². The van der Waals surface area contributed by atoms with Crippen molar-refractivity contribution < 1.29 is 19.4 Å². The number of carboxylic acid groups (broad SMARTS) is 1. The van der Waals surface area contributed by atoms with Crippen molar-refractivity contribution in [1.82, 2.24) is 4.90 Å². The third-order valence-corrected chi connectivity index (χ3v) is 5.96. The van der Waals surface area contributed by atoms with Gasteiger partial charge in [0.25, 0.3) is 0 Å². The molecule has 1 aromatic rings. The zero-order chi connectivity index (χ0) is 17.8. The topological polar surface area (TPSA) is 59.0 Å². The number of rotatable bonds is 8. The Labute approximate surface area is 153 Å². The molecular formula is C19H26ClNO4. The molecule has 0 radical (unpaired) electrons. The molecule has 1 aromatic carbocycles. The highest BCUT2D eigenvalue weighted by Crippen LogP contribution is 2.49. The summed E-state index contributed by atoms with van der Waals surface area (Å²) >= 11 is 6.41. The maximum Gasteiger partial charge on any atom is 0.408 e. The van der Waals surface area contributed by atoms with Gasteiger partial charge in [0.15, 0.2) is 0 Å². The fraction of sp³-hybridized carbons (Fsp3) is 0.632. The number of methoxy groups -OCH3 is 1. The van der Waals surface area contributed by atoms with Crippen LogP contribution in [0.4, 0.5) is 4.79 Å². The lowest BCUT2D eigenvalue weighted by Gasteiger charge is -2.39. The Balaban J connectivity index is 1.84. The van der Waals surface area contributed by atoms with Gasteiger partial charge in [0.2, 0.25) is 0 Å². The highest BCUT2D eigenvalue weighted by molar-refractivity contribution is 6.31. The van der Waals surface area contributed by atoms with E-state index in [2.05, 4.69) is 0 Å². The van der Waals surface area contributed by atoms with Gasteiger partial charge in [-0.05, 0) is 49.1 Å². The van der Waals surface area contributed by atoms with E-state index in [-0.39, 0.29) is 18.9 Å². The molecule has 0 saturated heterocycles. The second kappa shape index (κ2) is 8.39. The summed E-state index contributed by atoms with van der Waals surface area (Å²) < 4.78 is 10.4. The highest BCUT2D eigenvalue weighted by Gasteiger charge is 2.46. The van der Waals surface area contributed by atoms with Crippen LogP contribution in [0.5, 0.6) is 0 Å². The average molecular weight is 368 g/mol. The van der Waals surface area contributed by atoms with Crippen LogP contribution in [-0.2, 0) is 9.47 Å². The molecule has 2 saturated carbocycles. The van der Waals surface area contributed by atoms with Gasteiger partial charge in [0, 0.05) is 18.2 Å². The van der Waals surface area contributed by atoms with Crippen LogP contribution in [0.15, 0.2) is 24.3 Å². The van der Waals surface area contributed by atoms with E-state index in [1.165, 1.54) is 6.42 Å². The second-order valence-electron chi connectivity index (χ2n) is 7.07. The zero-order valence-corrected chi connectivity index (χ0v) is 15.3. The van der Waals surface area contributed by atoms with Gasteiger partial charge >= 0.3 is 6.09 Å². The van der Waals surface area contributed by atoms with E-state index >= 15 is 0 Å². The van der Waals surface area contributed by atoms with E-state index in [4.69, 9.17) is 21.1 Å². The largest absolute Gasteiger partial charge is 0.465 e. The van der Waals surface area contributed by atoms with Crippen molar-refractivity contribution in [3.8, 4) is 0 Å². The van der Waals surface area contributed by atoms with Crippen molar-refractivity contribution in [3.05, 3.63) is 34.9 Å². The molecule has 0 spiro atoms. The Morgan fingerprint density at radius 1 is 1.36 bits per heavy atom. The molecule has 25 heavy (non-hydrogen) atoms. The Morgan fingerprint density at radius 2 is 2.16 bits per heavy atom. The SMILES string of the molecule is COCOCC[C@H](c1ccccc1Cl)N(C(=O)O)C1CC2CCC1C2. The summed E-state index contributed by atoms with van der Waals surface area (Å²) in [7, 11) is 1.57. The Bertz CT molecular complexity index is 597. The molecule has 0 aliphatic heterocycles. The van der Waals surface area contributed by atoms with Gasteiger partial charge in [-0.15, -0.1) is 0 Å². The summed E-state index contributed by atoms with van der Waals surface area (Å²) in [5.74, 6) is 1.15.